The molecule has 0 spiro atoms. The quantitative estimate of drug-likeness (QED) is 0.0566. The third kappa shape index (κ3) is 18.5. The van der Waals surface area contributed by atoms with Gasteiger partial charge in [-0.1, -0.05) is 64.2 Å². The van der Waals surface area contributed by atoms with Crippen LogP contribution in [0.2, 0.25) is 0 Å². The summed E-state index contributed by atoms with van der Waals surface area (Å²) in [6, 6.07) is 6.05. The number of ketones is 1. The first kappa shape index (κ1) is 93.6. The third-order valence-corrected chi connectivity index (χ3v) is 41.4. The van der Waals surface area contributed by atoms with Crippen LogP contribution < -0.4 is 0 Å². The zero-order valence-corrected chi connectivity index (χ0v) is 79.8. The number of rotatable bonds is 21. The number of sulfone groups is 1. The van der Waals surface area contributed by atoms with Gasteiger partial charge in [0.25, 0.3) is 0 Å². The van der Waals surface area contributed by atoms with Crippen molar-refractivity contribution in [3.05, 3.63) is 104 Å². The highest BCUT2D eigenvalue weighted by Crippen LogP contribution is 2.71. The fourth-order valence-corrected chi connectivity index (χ4v) is 35.4. The summed E-state index contributed by atoms with van der Waals surface area (Å²) >= 11 is 0. The number of aliphatic hydroxyl groups is 4. The number of halogens is 1. The molecule has 16 aliphatic carbocycles. The van der Waals surface area contributed by atoms with Crippen molar-refractivity contribution >= 4 is 15.6 Å². The van der Waals surface area contributed by atoms with Gasteiger partial charge in [-0.15, -0.1) is 0 Å². The highest BCUT2D eigenvalue weighted by molar-refractivity contribution is 7.90. The fraction of sp³-hybridized carbons (Fsp3) is 0.811. The van der Waals surface area contributed by atoms with Crippen LogP contribution in [0.5, 0.6) is 0 Å². The minimum Gasteiger partial charge on any atom is -0.390 e. The van der Waals surface area contributed by atoms with Gasteiger partial charge < -0.3 is 34.6 Å². The van der Waals surface area contributed by atoms with E-state index in [1.54, 1.807) is 35.1 Å². The van der Waals surface area contributed by atoms with E-state index >= 15 is 4.39 Å². The molecule has 4 aromatic rings. The van der Waals surface area contributed by atoms with Gasteiger partial charge in [0.1, 0.15) is 17.1 Å². The Balaban J connectivity index is 0.000000119. The maximum Gasteiger partial charge on any atom is 0.178 e. The molecule has 0 aromatic carbocycles. The molecule has 702 valence electrons. The molecule has 0 saturated heterocycles. The topological polar surface area (TPSA) is 255 Å². The summed E-state index contributed by atoms with van der Waals surface area (Å²) in [5, 5.41) is 70.1. The van der Waals surface area contributed by atoms with Crippen molar-refractivity contribution in [2.45, 2.75) is 333 Å². The molecule has 4 N–H and O–H groups in total. The lowest BCUT2D eigenvalue weighted by molar-refractivity contribution is -0.139. The highest BCUT2D eigenvalue weighted by atomic mass is 32.2. The predicted octanol–water partition coefficient (Wildman–Crippen LogP) is 19.7. The smallest absolute Gasteiger partial charge is 0.178 e. The molecule has 19 nitrogen and oxygen atoms in total. The Morgan fingerprint density at radius 2 is 0.835 bits per heavy atom. The van der Waals surface area contributed by atoms with Crippen molar-refractivity contribution in [2.75, 3.05) is 46.4 Å². The predicted molar refractivity (Wildman–Crippen MR) is 492 cm³/mol. The van der Waals surface area contributed by atoms with Gasteiger partial charge in [0, 0.05) is 69.7 Å². The highest BCUT2D eigenvalue weighted by Gasteiger charge is 2.65. The summed E-state index contributed by atoms with van der Waals surface area (Å²) in [6.07, 6.45) is 54.3. The van der Waals surface area contributed by atoms with Crippen molar-refractivity contribution in [3.63, 3.8) is 0 Å². The van der Waals surface area contributed by atoms with E-state index in [1.807, 2.05) is 60.9 Å². The summed E-state index contributed by atoms with van der Waals surface area (Å²) in [5.41, 5.74) is 3.07. The van der Waals surface area contributed by atoms with Crippen LogP contribution in [-0.4, -0.2) is 149 Å². The Labute approximate surface area is 760 Å². The lowest BCUT2D eigenvalue weighted by Crippen LogP contribution is -2.54. The summed E-state index contributed by atoms with van der Waals surface area (Å²) < 4.78 is 63.0. The molecule has 16 fully saturated rings. The van der Waals surface area contributed by atoms with E-state index in [0.717, 1.165) is 168 Å². The Kier molecular flexibility index (Phi) is 27.5. The number of hydrogen-bond donors (Lipinski definition) is 4. The van der Waals surface area contributed by atoms with Gasteiger partial charge >= 0.3 is 0 Å². The number of aromatic nitrogens is 8. The Bertz CT molecular complexity index is 4640. The number of ether oxygens (including phenoxy) is 3. The molecule has 0 amide bonds. The molecule has 4 aromatic heterocycles. The molecule has 127 heavy (non-hydrogen) atoms. The summed E-state index contributed by atoms with van der Waals surface area (Å²) in [6.45, 7) is 34.9. The van der Waals surface area contributed by atoms with Crippen LogP contribution >= 0.6 is 0 Å². The minimum atomic E-state index is -3.24. The van der Waals surface area contributed by atoms with Gasteiger partial charge in [-0.25, -0.2) is 12.8 Å². The molecular formula is C106H160FN9O10S. The third-order valence-electron chi connectivity index (χ3n) is 40.3. The van der Waals surface area contributed by atoms with Crippen molar-refractivity contribution in [3.8, 4) is 6.07 Å². The number of methoxy groups -OCH3 is 1. The number of fused-ring (bicyclic) bond motifs is 20. The maximum absolute atomic E-state index is 15.3. The van der Waals surface area contributed by atoms with Crippen LogP contribution in [0.4, 0.5) is 4.39 Å². The standard InChI is InChI=1S/C28H41N3O2.C27H42N2O4S.C27H42N2O2.C24H35FN2O2/c1-4-33-18-28(32)12-10-22-21(13-28)5-6-24-23(22)9-11-27(3)25(7-8-26(24)27)19(2)16-31-17-20(14-29)15-30-31;1-18(15-29-16-20(14-28-29)34(4,31)32)24-7-8-25-23-6-5-19-13-27(30,17-33-3)12-10-21(19)22(23)9-11-26(24,25)2;1-4-31-18-27(30)13-11-21-20(16-27)6-7-23-22(21)10-12-26(3)24(8-9-25(23)26)19(2)17-29-15-5-14-28-29;1-23(29)8-6-16-15-7-9-24(2)19(17(15)12-21(25)18(16)13-23)4-5-20(24)22(28)14-27-11-3-10-26-27/h15,17,21-26,32H,2,4-13,16,18H2,1,3H3;14,16,19,21-25,30H,1,5-13,15,17H2,2-4H3;5,14-15,20-25,30H,2,4,6-13,16-18H2,1,3H3;3,10-11,15-21,29H,4-9,12-14H2,1-2H3/t21-,22-,23+,24+,25+,26-,27+,28+;19-,21-,22+,23+,24+,25-,26+,27+;20-,21-,22+,23+,24+,25-,26+,27+;15-,16-,17-,18+,19+,20-,21-,23-,24+/m0001/s1. The number of carbonyl (C=O) groups excluding carboxylic acids is 1. The van der Waals surface area contributed by atoms with E-state index in [9.17, 15) is 33.6 Å². The number of nitriles is 1. The SMILES string of the molecule is C=C(Cn1cc(C#N)cn1)[C@H]1CC[C@H]2[C@@H]3CC[C@H]4C[C@@](O)(COCC)CC[C@@H]4[C@H]3CC[C@]12C.C=C(Cn1cc(S(C)(=O)=O)cn1)[C@H]1CC[C@H]2[C@@H]3CC[C@H]4C[C@@](O)(COC)CC[C@@H]4[C@H]3CC[C@]12C.C=C(Cn1cccn1)[C@H]1CC[C@H]2[C@@H]3CC[C@H]4C[C@@](O)(COCC)CC[C@@H]4[C@H]3CC[C@]12C.C[C@@]1(O)CC[C@@H]2[C@H]3CC[C@]4(C)[C@@H](C(=O)Cn5cccn5)CC[C@H]4[C@@H]3C[C@@H](F)[C@H]2C1. The normalized spacial score (nSPS) is 44.2. The fourth-order valence-electron chi connectivity index (χ4n) is 34.8. The van der Waals surface area contributed by atoms with Crippen molar-refractivity contribution in [1.29, 1.82) is 5.26 Å². The number of allylic oxidation sites excluding steroid dienone is 3. The monoisotopic (exact) mass is 1770 g/mol. The van der Waals surface area contributed by atoms with Crippen molar-refractivity contribution in [1.82, 2.24) is 39.1 Å². The van der Waals surface area contributed by atoms with Crippen LogP contribution in [0.3, 0.4) is 0 Å². The maximum atomic E-state index is 15.3. The molecule has 16 aliphatic rings. The summed E-state index contributed by atoms with van der Waals surface area (Å²) in [7, 11) is -1.54. The first-order valence-electron chi connectivity index (χ1n) is 51.0. The van der Waals surface area contributed by atoms with Gasteiger partial charge in [0.2, 0.25) is 0 Å². The molecule has 4 heterocycles. The van der Waals surface area contributed by atoms with Crippen molar-refractivity contribution < 1.29 is 52.2 Å². The zero-order valence-electron chi connectivity index (χ0n) is 79.0. The van der Waals surface area contributed by atoms with Crippen LogP contribution in [-0.2, 0) is 55.0 Å². The van der Waals surface area contributed by atoms with E-state index in [4.69, 9.17) is 19.5 Å². The average molecular weight is 1770 g/mol. The van der Waals surface area contributed by atoms with Gasteiger partial charge in [-0.3, -0.25) is 23.5 Å². The number of nitrogens with zero attached hydrogens (tertiary/aromatic N) is 9. The second-order valence-electron chi connectivity index (χ2n) is 46.9. The van der Waals surface area contributed by atoms with E-state index in [1.165, 1.54) is 158 Å². The van der Waals surface area contributed by atoms with E-state index < -0.39 is 38.4 Å². The number of hydrogen-bond acceptors (Lipinski definition) is 15. The van der Waals surface area contributed by atoms with E-state index in [0.29, 0.717) is 140 Å². The minimum absolute atomic E-state index is 0.0120. The first-order valence-corrected chi connectivity index (χ1v) is 52.9. The van der Waals surface area contributed by atoms with Gasteiger partial charge in [-0.05, 0) is 415 Å². The second kappa shape index (κ2) is 37.2. The number of carbonyl (C=O) groups is 1. The first-order chi connectivity index (χ1) is 60.6. The van der Waals surface area contributed by atoms with E-state index in [2.05, 4.69) is 80.1 Å². The van der Waals surface area contributed by atoms with E-state index in [-0.39, 0.29) is 27.6 Å². The lowest BCUT2D eigenvalue weighted by Gasteiger charge is -2.57. The Morgan fingerprint density at radius 1 is 0.457 bits per heavy atom. The molecular weight excluding hydrogens is 1610 g/mol. The van der Waals surface area contributed by atoms with Crippen LogP contribution in [0.15, 0.2) is 103 Å². The van der Waals surface area contributed by atoms with Gasteiger partial charge in [0.05, 0.1) is 86.4 Å². The molecule has 21 heteroatoms. The van der Waals surface area contributed by atoms with Gasteiger partial charge in [0.15, 0.2) is 15.6 Å². The Morgan fingerprint density at radius 3 is 1.24 bits per heavy atom. The molecule has 0 unspecified atom stereocenters. The molecule has 33 atom stereocenters. The van der Waals surface area contributed by atoms with Crippen LogP contribution in [0.1, 0.15) is 279 Å². The van der Waals surface area contributed by atoms with Crippen LogP contribution in [0.25, 0.3) is 0 Å². The summed E-state index contributed by atoms with van der Waals surface area (Å²) in [4.78, 5) is 13.4. The van der Waals surface area contributed by atoms with Crippen LogP contribution in [0, 0.1) is 175 Å². The second-order valence-corrected chi connectivity index (χ2v) is 48.9. The lowest BCUT2D eigenvalue weighted by atomic mass is 9.48. The largest absolute Gasteiger partial charge is 0.390 e. The number of Topliss-reactive ketones (excluding diaryl/α,β-unsaturated/α-hetero) is 1. The molecule has 20 rings (SSSR count). The molecule has 16 saturated carbocycles. The van der Waals surface area contributed by atoms with Crippen molar-refractivity contribution in [2.24, 2.45) is 164 Å². The molecule has 0 aliphatic heterocycles. The zero-order chi connectivity index (χ0) is 89.5. The summed E-state index contributed by atoms with van der Waals surface area (Å²) in [5.74, 6) is 15.9. The average Bonchev–Trinajstić information content (AvgIpc) is 1.64. The Hall–Kier alpha value is -5.18. The molecule has 0 bridgehead atoms. The molecule has 0 radical (unpaired) electrons. The number of alkyl halides is 1. The van der Waals surface area contributed by atoms with Gasteiger partial charge in [-0.2, -0.15) is 25.7 Å².